The summed E-state index contributed by atoms with van der Waals surface area (Å²) in [7, 11) is 0. The number of hydrazone groups is 1. The SMILES string of the molecule is O=C(N/N=C\c1ccccc1OC(=O)c1sc2cc(Cl)ccc2c1Cl)c1ccc(NC(=O)c2sc3cc(Br)ccc3c2Cl)cc1. The largest absolute Gasteiger partial charge is 0.422 e. The first-order valence-corrected chi connectivity index (χ1v) is 16.5. The highest BCUT2D eigenvalue weighted by Gasteiger charge is 2.21. The molecule has 0 radical (unpaired) electrons. The number of halogens is 4. The number of carbonyl (C=O) groups is 3. The van der Waals surface area contributed by atoms with Gasteiger partial charge >= 0.3 is 5.97 Å². The van der Waals surface area contributed by atoms with Gasteiger partial charge in [-0.2, -0.15) is 5.10 Å². The van der Waals surface area contributed by atoms with Gasteiger partial charge in [0, 0.05) is 46.5 Å². The zero-order valence-electron chi connectivity index (χ0n) is 22.6. The van der Waals surface area contributed by atoms with Gasteiger partial charge in [-0.05, 0) is 60.7 Å². The minimum absolute atomic E-state index is 0.235. The number of thiophene rings is 2. The van der Waals surface area contributed by atoms with Gasteiger partial charge in [-0.3, -0.25) is 9.59 Å². The lowest BCUT2D eigenvalue weighted by Crippen LogP contribution is -2.18. The number of benzene rings is 4. The van der Waals surface area contributed by atoms with E-state index in [-0.39, 0.29) is 21.6 Å². The smallest absolute Gasteiger partial charge is 0.355 e. The molecule has 2 aromatic heterocycles. The van der Waals surface area contributed by atoms with Crippen LogP contribution < -0.4 is 15.5 Å². The molecule has 0 saturated carbocycles. The van der Waals surface area contributed by atoms with Crippen molar-refractivity contribution in [1.29, 1.82) is 0 Å². The molecule has 2 heterocycles. The van der Waals surface area contributed by atoms with Crippen LogP contribution in [0.25, 0.3) is 20.2 Å². The maximum Gasteiger partial charge on any atom is 0.355 e. The molecule has 0 aliphatic carbocycles. The van der Waals surface area contributed by atoms with Crippen LogP contribution in [0, 0.1) is 0 Å². The second kappa shape index (κ2) is 13.3. The second-order valence-corrected chi connectivity index (χ2v) is 13.6. The lowest BCUT2D eigenvalue weighted by atomic mass is 10.2. The standard InChI is InChI=1S/C32H17BrCl3N3O4S2/c33-18-7-11-21-24(13-18)44-28(26(21)35)31(41)38-20-9-5-16(6-10-20)30(40)39-37-15-17-3-1-2-4-23(17)43-32(42)29-27(36)22-12-8-19(34)14-25(22)45-29/h1-15H,(H,38,41)(H,39,40)/b37-15-. The van der Waals surface area contributed by atoms with E-state index in [0.29, 0.717) is 37.1 Å². The minimum Gasteiger partial charge on any atom is -0.422 e. The van der Waals surface area contributed by atoms with Gasteiger partial charge in [0.05, 0.1) is 16.3 Å². The molecule has 0 atom stereocenters. The maximum absolute atomic E-state index is 13.0. The zero-order valence-corrected chi connectivity index (χ0v) is 28.1. The van der Waals surface area contributed by atoms with Gasteiger partial charge in [-0.15, -0.1) is 22.7 Å². The second-order valence-electron chi connectivity index (χ2n) is 9.43. The van der Waals surface area contributed by atoms with Gasteiger partial charge in [0.2, 0.25) is 0 Å². The number of anilines is 1. The average Bonchev–Trinajstić information content (AvgIpc) is 3.53. The number of rotatable bonds is 7. The van der Waals surface area contributed by atoms with E-state index in [2.05, 4.69) is 31.8 Å². The molecule has 2 amide bonds. The number of nitrogens with one attached hydrogen (secondary N) is 2. The first-order chi connectivity index (χ1) is 21.7. The van der Waals surface area contributed by atoms with Gasteiger partial charge in [0.25, 0.3) is 11.8 Å². The van der Waals surface area contributed by atoms with Gasteiger partial charge in [0.1, 0.15) is 15.5 Å². The van der Waals surface area contributed by atoms with Crippen LogP contribution in [0.2, 0.25) is 15.1 Å². The summed E-state index contributed by atoms with van der Waals surface area (Å²) in [6, 6.07) is 23.9. The molecule has 224 valence electrons. The van der Waals surface area contributed by atoms with E-state index in [9.17, 15) is 14.4 Å². The Bertz CT molecular complexity index is 2160. The van der Waals surface area contributed by atoms with Crippen molar-refractivity contribution in [2.24, 2.45) is 5.10 Å². The number of hydrogen-bond donors (Lipinski definition) is 2. The summed E-state index contributed by atoms with van der Waals surface area (Å²) in [6.45, 7) is 0. The fourth-order valence-corrected chi connectivity index (χ4v) is 7.92. The number of para-hydroxylation sites is 1. The van der Waals surface area contributed by atoms with Crippen LogP contribution in [0.15, 0.2) is 94.5 Å². The van der Waals surface area contributed by atoms with Crippen LogP contribution in [-0.4, -0.2) is 24.0 Å². The normalized spacial score (nSPS) is 11.3. The quantitative estimate of drug-likeness (QED) is 0.0734. The topological polar surface area (TPSA) is 96.9 Å². The van der Waals surface area contributed by atoms with Gasteiger partial charge in [0.15, 0.2) is 0 Å². The average molecular weight is 758 g/mol. The number of ether oxygens (including phenoxy) is 1. The van der Waals surface area contributed by atoms with E-state index >= 15 is 0 Å². The molecule has 0 aliphatic rings. The minimum atomic E-state index is -0.628. The third kappa shape index (κ3) is 6.76. The highest BCUT2D eigenvalue weighted by molar-refractivity contribution is 9.10. The number of nitrogens with zero attached hydrogens (tertiary/aromatic N) is 1. The third-order valence-corrected chi connectivity index (χ3v) is 10.5. The molecule has 6 aromatic rings. The number of hydrogen-bond acceptors (Lipinski definition) is 7. The van der Waals surface area contributed by atoms with E-state index in [0.717, 1.165) is 19.3 Å². The number of esters is 1. The number of amides is 2. The van der Waals surface area contributed by atoms with E-state index < -0.39 is 11.9 Å². The summed E-state index contributed by atoms with van der Waals surface area (Å²) in [5, 5.41) is 9.56. The van der Waals surface area contributed by atoms with Crippen LogP contribution in [0.3, 0.4) is 0 Å². The third-order valence-electron chi connectivity index (χ3n) is 6.47. The Morgan fingerprint density at radius 3 is 2.22 bits per heavy atom. The zero-order chi connectivity index (χ0) is 31.7. The Kier molecular flexibility index (Phi) is 9.23. The lowest BCUT2D eigenvalue weighted by Gasteiger charge is -2.07. The molecule has 13 heteroatoms. The van der Waals surface area contributed by atoms with E-state index in [1.807, 2.05) is 18.2 Å². The van der Waals surface area contributed by atoms with Crippen LogP contribution in [0.1, 0.15) is 35.3 Å². The molecule has 4 aromatic carbocycles. The summed E-state index contributed by atoms with van der Waals surface area (Å²) in [4.78, 5) is 39.2. The van der Waals surface area contributed by atoms with Crippen LogP contribution in [-0.2, 0) is 0 Å². The summed E-state index contributed by atoms with van der Waals surface area (Å²) in [6.07, 6.45) is 1.37. The Morgan fingerprint density at radius 2 is 1.44 bits per heavy atom. The van der Waals surface area contributed by atoms with Gasteiger partial charge < -0.3 is 10.1 Å². The molecule has 6 rings (SSSR count). The van der Waals surface area contributed by atoms with Crippen LogP contribution >= 0.6 is 73.4 Å². The maximum atomic E-state index is 13.0. The van der Waals surface area contributed by atoms with Crippen molar-refractivity contribution in [2.45, 2.75) is 0 Å². The first-order valence-electron chi connectivity index (χ1n) is 13.0. The Labute approximate surface area is 287 Å². The van der Waals surface area contributed by atoms with Crippen molar-refractivity contribution >= 4 is 123 Å². The van der Waals surface area contributed by atoms with Crippen LogP contribution in [0.5, 0.6) is 5.75 Å². The van der Waals surface area contributed by atoms with E-state index in [4.69, 9.17) is 39.5 Å². The van der Waals surface area contributed by atoms with Gasteiger partial charge in [-0.1, -0.05) is 75.0 Å². The predicted molar refractivity (Wildman–Crippen MR) is 187 cm³/mol. The fourth-order valence-electron chi connectivity index (χ4n) is 4.30. The first kappa shape index (κ1) is 31.2. The predicted octanol–water partition coefficient (Wildman–Crippen LogP) is 10.1. The van der Waals surface area contributed by atoms with Crippen molar-refractivity contribution in [2.75, 3.05) is 5.32 Å². The molecule has 0 bridgehead atoms. The summed E-state index contributed by atoms with van der Waals surface area (Å²) in [5.41, 5.74) is 3.72. The van der Waals surface area contributed by atoms with Crippen molar-refractivity contribution in [3.63, 3.8) is 0 Å². The Morgan fingerprint density at radius 1 is 0.778 bits per heavy atom. The molecule has 0 fully saturated rings. The molecule has 0 aliphatic heterocycles. The summed E-state index contributed by atoms with van der Waals surface area (Å²) in [5.74, 6) is -1.22. The number of fused-ring (bicyclic) bond motifs is 2. The Balaban J connectivity index is 1.09. The van der Waals surface area contributed by atoms with Crippen molar-refractivity contribution in [3.8, 4) is 5.75 Å². The van der Waals surface area contributed by atoms with Crippen molar-refractivity contribution in [1.82, 2.24) is 5.43 Å². The molecule has 0 unspecified atom stereocenters. The van der Waals surface area contributed by atoms with Crippen LogP contribution in [0.4, 0.5) is 5.69 Å². The fraction of sp³-hybridized carbons (Fsp3) is 0. The molecular weight excluding hydrogens is 741 g/mol. The molecule has 0 saturated heterocycles. The highest BCUT2D eigenvalue weighted by Crippen LogP contribution is 2.38. The monoisotopic (exact) mass is 755 g/mol. The van der Waals surface area contributed by atoms with Gasteiger partial charge in [-0.25, -0.2) is 10.2 Å². The highest BCUT2D eigenvalue weighted by atomic mass is 79.9. The summed E-state index contributed by atoms with van der Waals surface area (Å²) < 4.78 is 8.17. The van der Waals surface area contributed by atoms with E-state index in [1.54, 1.807) is 66.7 Å². The van der Waals surface area contributed by atoms with E-state index in [1.165, 1.54) is 28.9 Å². The lowest BCUT2D eigenvalue weighted by molar-refractivity contribution is 0.0739. The molecular formula is C32H17BrCl3N3O4S2. The Hall–Kier alpha value is -3.77. The molecule has 2 N–H and O–H groups in total. The van der Waals surface area contributed by atoms with Crippen molar-refractivity contribution < 1.29 is 19.1 Å². The molecule has 45 heavy (non-hydrogen) atoms. The molecule has 7 nitrogen and oxygen atoms in total. The van der Waals surface area contributed by atoms with Crippen molar-refractivity contribution in [3.05, 3.63) is 125 Å². The number of carbonyl (C=O) groups excluding carboxylic acids is 3. The molecule has 0 spiro atoms. The summed E-state index contributed by atoms with van der Waals surface area (Å²) >= 11 is 24.9.